The number of rotatable bonds is 5. The first-order valence-electron chi connectivity index (χ1n) is 9.41. The summed E-state index contributed by atoms with van der Waals surface area (Å²) in [5.41, 5.74) is 3.00. The van der Waals surface area contributed by atoms with E-state index < -0.39 is 5.97 Å². The Balaban J connectivity index is 1.61. The number of carbonyl (C=O) groups excluding carboxylic acids is 2. The van der Waals surface area contributed by atoms with Gasteiger partial charge in [0, 0.05) is 30.4 Å². The molecule has 1 aliphatic heterocycles. The first kappa shape index (κ1) is 20.7. The lowest BCUT2D eigenvalue weighted by molar-refractivity contribution is -0.151. The Morgan fingerprint density at radius 1 is 1.31 bits per heavy atom. The predicted octanol–water partition coefficient (Wildman–Crippen LogP) is 2.43. The number of aromatic nitrogens is 2. The minimum atomic E-state index is -0.604. The summed E-state index contributed by atoms with van der Waals surface area (Å²) in [5.74, 6) is -1.16. The molecule has 8 heteroatoms. The van der Waals surface area contributed by atoms with Crippen LogP contribution in [0, 0.1) is 19.7 Å². The number of morpholine rings is 1. The van der Waals surface area contributed by atoms with E-state index >= 15 is 0 Å². The highest BCUT2D eigenvalue weighted by molar-refractivity contribution is 5.89. The Kier molecular flexibility index (Phi) is 6.43. The van der Waals surface area contributed by atoms with Crippen LogP contribution in [-0.4, -0.2) is 59.0 Å². The second-order valence-electron chi connectivity index (χ2n) is 6.93. The normalized spacial score (nSPS) is 17.0. The topological polar surface area (TPSA) is 73.7 Å². The molecule has 0 bridgehead atoms. The van der Waals surface area contributed by atoms with Crippen molar-refractivity contribution in [3.8, 4) is 5.69 Å². The molecule has 1 saturated heterocycles. The fourth-order valence-corrected chi connectivity index (χ4v) is 3.20. The van der Waals surface area contributed by atoms with Crippen molar-refractivity contribution in [2.45, 2.75) is 26.9 Å². The summed E-state index contributed by atoms with van der Waals surface area (Å²) in [6.45, 7) is 6.74. The molecule has 0 spiro atoms. The molecular formula is C21H24FN3O4. The van der Waals surface area contributed by atoms with Crippen LogP contribution < -0.4 is 0 Å². The monoisotopic (exact) mass is 401 g/mol. The molecule has 1 aliphatic rings. The summed E-state index contributed by atoms with van der Waals surface area (Å²) >= 11 is 0. The van der Waals surface area contributed by atoms with Crippen LogP contribution in [0.2, 0.25) is 0 Å². The number of ether oxygens (including phenoxy) is 2. The lowest BCUT2D eigenvalue weighted by Gasteiger charge is -2.30. The lowest BCUT2D eigenvalue weighted by Crippen LogP contribution is -2.46. The minimum Gasteiger partial charge on any atom is -0.452 e. The van der Waals surface area contributed by atoms with Crippen LogP contribution in [0.4, 0.5) is 4.39 Å². The average molecular weight is 401 g/mol. The Bertz CT molecular complexity index is 921. The summed E-state index contributed by atoms with van der Waals surface area (Å²) in [4.78, 5) is 25.8. The number of amides is 1. The lowest BCUT2D eigenvalue weighted by atomic mass is 10.2. The Hall–Kier alpha value is -3.00. The maximum Gasteiger partial charge on any atom is 0.331 e. The fourth-order valence-electron chi connectivity index (χ4n) is 3.20. The van der Waals surface area contributed by atoms with E-state index in [0.717, 1.165) is 16.9 Å². The van der Waals surface area contributed by atoms with Gasteiger partial charge in [-0.05, 0) is 51.1 Å². The Labute approximate surface area is 168 Å². The molecule has 1 aromatic carbocycles. The molecule has 2 heterocycles. The number of hydrogen-bond acceptors (Lipinski definition) is 5. The molecule has 1 amide bonds. The van der Waals surface area contributed by atoms with Gasteiger partial charge in [0.2, 0.25) is 0 Å². The standard InChI is InChI=1S/C21H24FN3O4/c1-14-12-24(10-11-28-14)20(26)13-29-21(27)9-8-19-15(2)23-25(16(19)3)18-6-4-17(22)5-7-18/h4-9,14H,10-13H2,1-3H3/b9-8+. The van der Waals surface area contributed by atoms with Gasteiger partial charge >= 0.3 is 5.97 Å². The largest absolute Gasteiger partial charge is 0.452 e. The summed E-state index contributed by atoms with van der Waals surface area (Å²) < 4.78 is 25.3. The van der Waals surface area contributed by atoms with E-state index in [1.54, 1.807) is 27.8 Å². The maximum absolute atomic E-state index is 13.1. The molecule has 1 fully saturated rings. The number of halogens is 1. The van der Waals surface area contributed by atoms with Crippen LogP contribution >= 0.6 is 0 Å². The minimum absolute atomic E-state index is 0.0214. The molecule has 154 valence electrons. The van der Waals surface area contributed by atoms with Gasteiger partial charge in [0.1, 0.15) is 5.82 Å². The molecule has 1 aromatic heterocycles. The zero-order chi connectivity index (χ0) is 21.0. The Morgan fingerprint density at radius 2 is 2.03 bits per heavy atom. The van der Waals surface area contributed by atoms with Crippen molar-refractivity contribution < 1.29 is 23.5 Å². The smallest absolute Gasteiger partial charge is 0.331 e. The van der Waals surface area contributed by atoms with Gasteiger partial charge in [0.25, 0.3) is 5.91 Å². The fraction of sp³-hybridized carbons (Fsp3) is 0.381. The van der Waals surface area contributed by atoms with Crippen LogP contribution in [0.15, 0.2) is 30.3 Å². The number of benzene rings is 1. The summed E-state index contributed by atoms with van der Waals surface area (Å²) in [7, 11) is 0. The van der Waals surface area contributed by atoms with Gasteiger partial charge in [-0.15, -0.1) is 0 Å². The molecule has 1 atom stereocenters. The van der Waals surface area contributed by atoms with Gasteiger partial charge < -0.3 is 14.4 Å². The molecular weight excluding hydrogens is 377 g/mol. The van der Waals surface area contributed by atoms with Gasteiger partial charge in [0.05, 0.1) is 24.1 Å². The van der Waals surface area contributed by atoms with Crippen LogP contribution in [0.5, 0.6) is 0 Å². The number of esters is 1. The van der Waals surface area contributed by atoms with Crippen LogP contribution in [0.1, 0.15) is 23.9 Å². The predicted molar refractivity (Wildman–Crippen MR) is 105 cm³/mol. The van der Waals surface area contributed by atoms with Crippen molar-refractivity contribution >= 4 is 18.0 Å². The number of carbonyl (C=O) groups is 2. The molecule has 0 N–H and O–H groups in total. The van der Waals surface area contributed by atoms with E-state index in [2.05, 4.69) is 5.10 Å². The van der Waals surface area contributed by atoms with Crippen molar-refractivity contribution in [2.75, 3.05) is 26.3 Å². The third-order valence-electron chi connectivity index (χ3n) is 4.74. The number of nitrogens with zero attached hydrogens (tertiary/aromatic N) is 3. The first-order chi connectivity index (χ1) is 13.8. The third-order valence-corrected chi connectivity index (χ3v) is 4.74. The van der Waals surface area contributed by atoms with Crippen LogP contribution in [-0.2, 0) is 19.1 Å². The van der Waals surface area contributed by atoms with Gasteiger partial charge in [0.15, 0.2) is 6.61 Å². The molecule has 29 heavy (non-hydrogen) atoms. The third kappa shape index (κ3) is 5.08. The quantitative estimate of drug-likeness (QED) is 0.568. The van der Waals surface area contributed by atoms with Gasteiger partial charge in [-0.25, -0.2) is 13.9 Å². The number of aryl methyl sites for hydroxylation is 1. The molecule has 2 aromatic rings. The van der Waals surface area contributed by atoms with Crippen molar-refractivity contribution in [1.82, 2.24) is 14.7 Å². The highest BCUT2D eigenvalue weighted by Gasteiger charge is 2.22. The zero-order valence-corrected chi connectivity index (χ0v) is 16.7. The molecule has 3 rings (SSSR count). The molecule has 1 unspecified atom stereocenters. The summed E-state index contributed by atoms with van der Waals surface area (Å²) in [5, 5.41) is 4.45. The molecule has 0 saturated carbocycles. The highest BCUT2D eigenvalue weighted by Crippen LogP contribution is 2.19. The summed E-state index contributed by atoms with van der Waals surface area (Å²) in [6, 6.07) is 6.00. The highest BCUT2D eigenvalue weighted by atomic mass is 19.1. The van der Waals surface area contributed by atoms with Gasteiger partial charge in [-0.3, -0.25) is 4.79 Å². The first-order valence-corrected chi connectivity index (χ1v) is 9.41. The second kappa shape index (κ2) is 9.00. The average Bonchev–Trinajstić information content (AvgIpc) is 2.98. The summed E-state index contributed by atoms with van der Waals surface area (Å²) in [6.07, 6.45) is 2.87. The van der Waals surface area contributed by atoms with Crippen molar-refractivity contribution in [3.05, 3.63) is 53.1 Å². The molecule has 0 radical (unpaired) electrons. The second-order valence-corrected chi connectivity index (χ2v) is 6.93. The van der Waals surface area contributed by atoms with Crippen molar-refractivity contribution in [3.63, 3.8) is 0 Å². The maximum atomic E-state index is 13.1. The van der Waals surface area contributed by atoms with Crippen molar-refractivity contribution in [1.29, 1.82) is 0 Å². The van der Waals surface area contributed by atoms with E-state index in [0.29, 0.717) is 25.4 Å². The van der Waals surface area contributed by atoms with E-state index in [4.69, 9.17) is 9.47 Å². The van der Waals surface area contributed by atoms with Gasteiger partial charge in [-0.1, -0.05) is 0 Å². The molecule has 7 nitrogen and oxygen atoms in total. The van der Waals surface area contributed by atoms with Crippen LogP contribution in [0.25, 0.3) is 11.8 Å². The van der Waals surface area contributed by atoms with Gasteiger partial charge in [-0.2, -0.15) is 5.10 Å². The zero-order valence-electron chi connectivity index (χ0n) is 16.7. The van der Waals surface area contributed by atoms with E-state index in [9.17, 15) is 14.0 Å². The Morgan fingerprint density at radius 3 is 2.72 bits per heavy atom. The number of hydrogen-bond donors (Lipinski definition) is 0. The molecule has 0 aliphatic carbocycles. The van der Waals surface area contributed by atoms with E-state index in [-0.39, 0.29) is 24.4 Å². The van der Waals surface area contributed by atoms with Crippen molar-refractivity contribution in [2.24, 2.45) is 0 Å². The van der Waals surface area contributed by atoms with E-state index in [1.807, 2.05) is 20.8 Å². The van der Waals surface area contributed by atoms with E-state index in [1.165, 1.54) is 18.2 Å². The van der Waals surface area contributed by atoms with Crippen LogP contribution in [0.3, 0.4) is 0 Å². The SMILES string of the molecule is Cc1nn(-c2ccc(F)cc2)c(C)c1/C=C/C(=O)OCC(=O)N1CCOC(C)C1.